The monoisotopic (exact) mass is 494 g/mol. The normalized spacial score (nSPS) is 15.0. The van der Waals surface area contributed by atoms with Gasteiger partial charge in [0.15, 0.2) is 0 Å². The van der Waals surface area contributed by atoms with Crippen molar-refractivity contribution in [3.63, 3.8) is 0 Å². The van der Waals surface area contributed by atoms with E-state index in [1.807, 2.05) is 19.1 Å². The standard InChI is InChI=1S/C26H20Cl2N2O4/c1-15-7-8-16(2)22(11-15)30-25(32)20(24(31)29-26(30)33)12-17-5-3-4-6-23(17)34-14-18-9-10-19(27)13-21(18)28/h3-13H,14H2,1-2H3,(H,29,31,33)/b20-12+. The number of halogens is 2. The Morgan fingerprint density at radius 1 is 0.971 bits per heavy atom. The SMILES string of the molecule is Cc1ccc(C)c(N2C(=O)NC(=O)/C(=C\c3ccccc3OCc3ccc(Cl)cc3Cl)C2=O)c1. The zero-order valence-corrected chi connectivity index (χ0v) is 19.9. The van der Waals surface area contributed by atoms with Crippen molar-refractivity contribution in [1.29, 1.82) is 0 Å². The van der Waals surface area contributed by atoms with Crippen LogP contribution in [0.25, 0.3) is 6.08 Å². The average Bonchev–Trinajstić information content (AvgIpc) is 2.79. The molecule has 0 bridgehead atoms. The Morgan fingerprint density at radius 3 is 2.50 bits per heavy atom. The number of amides is 4. The third kappa shape index (κ3) is 4.83. The van der Waals surface area contributed by atoms with E-state index in [-0.39, 0.29) is 12.2 Å². The fraction of sp³-hybridized carbons (Fsp3) is 0.115. The molecule has 8 heteroatoms. The molecule has 4 rings (SSSR count). The molecule has 0 spiro atoms. The van der Waals surface area contributed by atoms with E-state index in [0.29, 0.717) is 27.0 Å². The lowest BCUT2D eigenvalue weighted by atomic mass is 10.0. The van der Waals surface area contributed by atoms with E-state index in [2.05, 4.69) is 5.32 Å². The molecule has 1 N–H and O–H groups in total. The highest BCUT2D eigenvalue weighted by atomic mass is 35.5. The summed E-state index contributed by atoms with van der Waals surface area (Å²) >= 11 is 12.2. The number of benzene rings is 3. The van der Waals surface area contributed by atoms with Crippen LogP contribution in [0.4, 0.5) is 10.5 Å². The maximum Gasteiger partial charge on any atom is 0.335 e. The Morgan fingerprint density at radius 2 is 1.74 bits per heavy atom. The van der Waals surface area contributed by atoms with E-state index in [9.17, 15) is 14.4 Å². The van der Waals surface area contributed by atoms with Gasteiger partial charge in [-0.25, -0.2) is 9.69 Å². The number of imide groups is 2. The summed E-state index contributed by atoms with van der Waals surface area (Å²) in [5.74, 6) is -1.04. The number of barbiturate groups is 1. The van der Waals surface area contributed by atoms with Gasteiger partial charge in [0.2, 0.25) is 0 Å². The number of nitrogens with one attached hydrogen (secondary N) is 1. The van der Waals surface area contributed by atoms with Gasteiger partial charge in [0.25, 0.3) is 11.8 Å². The number of para-hydroxylation sites is 1. The maximum atomic E-state index is 13.3. The Bertz CT molecular complexity index is 1350. The second kappa shape index (κ2) is 9.71. The molecule has 0 saturated carbocycles. The summed E-state index contributed by atoms with van der Waals surface area (Å²) in [5, 5.41) is 3.24. The minimum atomic E-state index is -0.789. The first-order chi connectivity index (χ1) is 16.2. The first-order valence-corrected chi connectivity index (χ1v) is 11.1. The van der Waals surface area contributed by atoms with Crippen molar-refractivity contribution < 1.29 is 19.1 Å². The van der Waals surface area contributed by atoms with Crippen LogP contribution in [0.15, 0.2) is 66.2 Å². The number of nitrogens with zero attached hydrogens (tertiary/aromatic N) is 1. The molecule has 3 aromatic carbocycles. The quantitative estimate of drug-likeness (QED) is 0.356. The topological polar surface area (TPSA) is 75.7 Å². The third-order valence-electron chi connectivity index (χ3n) is 5.32. The average molecular weight is 495 g/mol. The van der Waals surface area contributed by atoms with Crippen LogP contribution in [0.1, 0.15) is 22.3 Å². The summed E-state index contributed by atoms with van der Waals surface area (Å²) in [5.41, 5.74) is 3.08. The van der Waals surface area contributed by atoms with Crippen LogP contribution in [0, 0.1) is 13.8 Å². The predicted octanol–water partition coefficient (Wildman–Crippen LogP) is 5.86. The first kappa shape index (κ1) is 23.5. The van der Waals surface area contributed by atoms with Crippen LogP contribution in [-0.4, -0.2) is 17.8 Å². The highest BCUT2D eigenvalue weighted by molar-refractivity contribution is 6.39. The molecule has 1 aliphatic heterocycles. The van der Waals surface area contributed by atoms with Crippen molar-refractivity contribution in [3.05, 3.63) is 98.5 Å². The zero-order valence-electron chi connectivity index (χ0n) is 18.4. The summed E-state index contributed by atoms with van der Waals surface area (Å²) in [6.45, 7) is 3.81. The molecule has 0 aromatic heterocycles. The molecule has 1 aliphatic rings. The molecule has 1 fully saturated rings. The maximum absolute atomic E-state index is 13.3. The number of urea groups is 1. The molecular formula is C26H20Cl2N2O4. The lowest BCUT2D eigenvalue weighted by Crippen LogP contribution is -2.54. The van der Waals surface area contributed by atoms with Crippen LogP contribution < -0.4 is 15.0 Å². The van der Waals surface area contributed by atoms with Crippen molar-refractivity contribution >= 4 is 52.8 Å². The Balaban J connectivity index is 1.66. The molecule has 172 valence electrons. The second-order valence-electron chi connectivity index (χ2n) is 7.81. The minimum absolute atomic E-state index is 0.156. The van der Waals surface area contributed by atoms with Gasteiger partial charge in [-0.2, -0.15) is 0 Å². The van der Waals surface area contributed by atoms with Gasteiger partial charge in [0, 0.05) is 21.2 Å². The molecule has 34 heavy (non-hydrogen) atoms. The van der Waals surface area contributed by atoms with Gasteiger partial charge in [0.05, 0.1) is 5.69 Å². The van der Waals surface area contributed by atoms with Gasteiger partial charge in [0.1, 0.15) is 17.9 Å². The van der Waals surface area contributed by atoms with E-state index in [4.69, 9.17) is 27.9 Å². The molecule has 0 unspecified atom stereocenters. The molecule has 1 heterocycles. The number of carbonyl (C=O) groups is 3. The van der Waals surface area contributed by atoms with E-state index >= 15 is 0 Å². The molecule has 0 atom stereocenters. The van der Waals surface area contributed by atoms with Gasteiger partial charge in [-0.15, -0.1) is 0 Å². The van der Waals surface area contributed by atoms with Gasteiger partial charge in [-0.1, -0.05) is 59.6 Å². The van der Waals surface area contributed by atoms with Crippen molar-refractivity contribution in [3.8, 4) is 5.75 Å². The summed E-state index contributed by atoms with van der Waals surface area (Å²) in [7, 11) is 0. The van der Waals surface area contributed by atoms with Gasteiger partial charge < -0.3 is 4.74 Å². The smallest absolute Gasteiger partial charge is 0.335 e. The molecule has 0 radical (unpaired) electrons. The summed E-state index contributed by atoms with van der Waals surface area (Å²) in [4.78, 5) is 39.4. The van der Waals surface area contributed by atoms with Crippen molar-refractivity contribution in [1.82, 2.24) is 5.32 Å². The van der Waals surface area contributed by atoms with Crippen LogP contribution in [0.3, 0.4) is 0 Å². The van der Waals surface area contributed by atoms with Crippen LogP contribution >= 0.6 is 23.2 Å². The summed E-state index contributed by atoms with van der Waals surface area (Å²) in [6, 6.07) is 16.7. The van der Waals surface area contributed by atoms with Crippen molar-refractivity contribution in [2.75, 3.05) is 4.90 Å². The van der Waals surface area contributed by atoms with E-state index in [0.717, 1.165) is 21.6 Å². The Labute approximate surface area is 206 Å². The van der Waals surface area contributed by atoms with Gasteiger partial charge in [-0.05, 0) is 55.3 Å². The largest absolute Gasteiger partial charge is 0.488 e. The number of hydrogen-bond acceptors (Lipinski definition) is 4. The Hall–Kier alpha value is -3.61. The Kier molecular flexibility index (Phi) is 6.72. The van der Waals surface area contributed by atoms with Crippen LogP contribution in [0.2, 0.25) is 10.0 Å². The lowest BCUT2D eigenvalue weighted by molar-refractivity contribution is -0.122. The minimum Gasteiger partial charge on any atom is -0.488 e. The summed E-state index contributed by atoms with van der Waals surface area (Å²) < 4.78 is 5.93. The number of aryl methyl sites for hydroxylation is 2. The highest BCUT2D eigenvalue weighted by Gasteiger charge is 2.37. The highest BCUT2D eigenvalue weighted by Crippen LogP contribution is 2.29. The zero-order chi connectivity index (χ0) is 24.4. The molecule has 4 amide bonds. The molecule has 1 saturated heterocycles. The number of anilines is 1. The second-order valence-corrected chi connectivity index (χ2v) is 8.65. The van der Waals surface area contributed by atoms with E-state index < -0.39 is 17.8 Å². The van der Waals surface area contributed by atoms with Crippen LogP contribution in [-0.2, 0) is 16.2 Å². The van der Waals surface area contributed by atoms with Gasteiger partial charge in [-0.3, -0.25) is 14.9 Å². The third-order valence-corrected chi connectivity index (χ3v) is 5.91. The number of rotatable bonds is 5. The lowest BCUT2D eigenvalue weighted by Gasteiger charge is -2.28. The fourth-order valence-corrected chi connectivity index (χ4v) is 3.98. The molecule has 0 aliphatic carbocycles. The van der Waals surface area contributed by atoms with Crippen molar-refractivity contribution in [2.45, 2.75) is 20.5 Å². The molecule has 3 aromatic rings. The summed E-state index contributed by atoms with van der Waals surface area (Å²) in [6.07, 6.45) is 1.42. The molecular weight excluding hydrogens is 475 g/mol. The van der Waals surface area contributed by atoms with Crippen molar-refractivity contribution in [2.24, 2.45) is 0 Å². The predicted molar refractivity (Wildman–Crippen MR) is 132 cm³/mol. The fourth-order valence-electron chi connectivity index (χ4n) is 3.52. The number of hydrogen-bond donors (Lipinski definition) is 1. The van der Waals surface area contributed by atoms with Gasteiger partial charge >= 0.3 is 6.03 Å². The van der Waals surface area contributed by atoms with E-state index in [1.165, 1.54) is 6.08 Å². The number of ether oxygens (including phenoxy) is 1. The van der Waals surface area contributed by atoms with E-state index in [1.54, 1.807) is 55.5 Å². The molecule has 6 nitrogen and oxygen atoms in total. The first-order valence-electron chi connectivity index (χ1n) is 10.4. The number of carbonyl (C=O) groups excluding carboxylic acids is 3. The van der Waals surface area contributed by atoms with Crippen LogP contribution in [0.5, 0.6) is 5.75 Å².